The summed E-state index contributed by atoms with van der Waals surface area (Å²) in [6.07, 6.45) is 2.68. The molecule has 0 N–H and O–H groups in total. The van der Waals surface area contributed by atoms with E-state index in [4.69, 9.17) is 0 Å². The molecule has 10 heteroatoms. The lowest BCUT2D eigenvalue weighted by molar-refractivity contribution is -0.138. The van der Waals surface area contributed by atoms with Crippen LogP contribution in [0, 0.1) is 11.7 Å². The number of likely N-dealkylation sites (tertiary alicyclic amines) is 1. The summed E-state index contributed by atoms with van der Waals surface area (Å²) in [4.78, 5) is 31.4. The minimum Gasteiger partial charge on any atom is -0.335 e. The Bertz CT molecular complexity index is 1140. The number of carbonyl (C=O) groups is 1. The number of nitrogens with zero attached hydrogens (tertiary/aromatic N) is 5. The Morgan fingerprint density at radius 1 is 1.12 bits per heavy atom. The Hall–Kier alpha value is -3.43. The van der Waals surface area contributed by atoms with Crippen LogP contribution in [0.1, 0.15) is 47.9 Å². The fraction of sp³-hybridized carbons (Fsp3) is 0.375. The fourth-order valence-electron chi connectivity index (χ4n) is 4.33. The fourth-order valence-corrected chi connectivity index (χ4v) is 4.33. The molecule has 1 aliphatic heterocycles. The monoisotopic (exact) mass is 473 g/mol. The summed E-state index contributed by atoms with van der Waals surface area (Å²) < 4.78 is 52.3. The molecule has 0 saturated carbocycles. The number of piperidine rings is 1. The zero-order valence-corrected chi connectivity index (χ0v) is 18.5. The molecule has 1 aromatic carbocycles. The van der Waals surface area contributed by atoms with Gasteiger partial charge < -0.3 is 4.90 Å². The highest BCUT2D eigenvalue weighted by atomic mass is 19.4. The summed E-state index contributed by atoms with van der Waals surface area (Å²) in [5.74, 6) is -0.0400. The summed E-state index contributed by atoms with van der Waals surface area (Å²) in [5, 5.41) is 0. The number of amides is 1. The van der Waals surface area contributed by atoms with Gasteiger partial charge in [0.25, 0.3) is 5.91 Å². The van der Waals surface area contributed by atoms with Crippen molar-refractivity contribution in [1.82, 2.24) is 24.8 Å². The first-order chi connectivity index (χ1) is 16.2. The molecule has 0 unspecified atom stereocenters. The molecule has 3 aromatic rings. The summed E-state index contributed by atoms with van der Waals surface area (Å²) >= 11 is 0. The van der Waals surface area contributed by atoms with Gasteiger partial charge in [-0.3, -0.25) is 4.79 Å². The van der Waals surface area contributed by atoms with Crippen molar-refractivity contribution >= 4 is 5.91 Å². The number of hydrogen-bond acceptors (Lipinski definition) is 5. The van der Waals surface area contributed by atoms with Gasteiger partial charge in [0, 0.05) is 49.4 Å². The van der Waals surface area contributed by atoms with Crippen molar-refractivity contribution in [2.75, 3.05) is 6.54 Å². The van der Waals surface area contributed by atoms with Crippen molar-refractivity contribution in [2.24, 2.45) is 5.92 Å². The lowest BCUT2D eigenvalue weighted by atomic mass is 9.87. The van der Waals surface area contributed by atoms with E-state index in [0.29, 0.717) is 36.3 Å². The van der Waals surface area contributed by atoms with E-state index >= 15 is 0 Å². The van der Waals surface area contributed by atoms with Crippen molar-refractivity contribution in [2.45, 2.75) is 44.8 Å². The van der Waals surface area contributed by atoms with Crippen LogP contribution in [0.25, 0.3) is 11.4 Å². The molecule has 0 aliphatic carbocycles. The van der Waals surface area contributed by atoms with Gasteiger partial charge in [0.2, 0.25) is 0 Å². The molecule has 1 aliphatic rings. The number of benzene rings is 1. The van der Waals surface area contributed by atoms with Crippen LogP contribution in [-0.2, 0) is 12.6 Å². The normalized spacial score (nSPS) is 18.7. The molecule has 3 heterocycles. The van der Waals surface area contributed by atoms with E-state index in [2.05, 4.69) is 19.9 Å². The van der Waals surface area contributed by atoms with Crippen LogP contribution < -0.4 is 0 Å². The van der Waals surface area contributed by atoms with E-state index in [1.54, 1.807) is 11.0 Å². The average Bonchev–Trinajstić information content (AvgIpc) is 2.83. The van der Waals surface area contributed by atoms with Crippen LogP contribution in [0.2, 0.25) is 0 Å². The summed E-state index contributed by atoms with van der Waals surface area (Å²) in [6, 6.07) is 5.40. The largest absolute Gasteiger partial charge is 0.419 e. The molecule has 178 valence electrons. The molecule has 0 radical (unpaired) electrons. The molecule has 2 aromatic heterocycles. The third-order valence-corrected chi connectivity index (χ3v) is 6.09. The smallest absolute Gasteiger partial charge is 0.335 e. The molecule has 34 heavy (non-hydrogen) atoms. The Labute approximate surface area is 194 Å². The summed E-state index contributed by atoms with van der Waals surface area (Å²) in [6.45, 7) is 2.57. The van der Waals surface area contributed by atoms with Crippen molar-refractivity contribution in [1.29, 1.82) is 0 Å². The van der Waals surface area contributed by atoms with Crippen LogP contribution in [-0.4, -0.2) is 43.3 Å². The van der Waals surface area contributed by atoms with Gasteiger partial charge in [0.05, 0.1) is 11.1 Å². The first-order valence-electron chi connectivity index (χ1n) is 11.0. The van der Waals surface area contributed by atoms with Crippen LogP contribution >= 0.6 is 0 Å². The maximum atomic E-state index is 14.0. The van der Waals surface area contributed by atoms with Crippen LogP contribution in [0.15, 0.2) is 49.1 Å². The number of alkyl halides is 3. The first kappa shape index (κ1) is 23.7. The van der Waals surface area contributed by atoms with Gasteiger partial charge in [-0.15, -0.1) is 0 Å². The topological polar surface area (TPSA) is 71.9 Å². The maximum absolute atomic E-state index is 14.0. The molecule has 1 saturated heterocycles. The Balaban J connectivity index is 1.56. The van der Waals surface area contributed by atoms with Gasteiger partial charge in [-0.05, 0) is 49.4 Å². The number of carbonyl (C=O) groups excluding carboxylic acids is 1. The second-order valence-electron chi connectivity index (χ2n) is 8.37. The van der Waals surface area contributed by atoms with Crippen LogP contribution in [0.4, 0.5) is 17.6 Å². The molecular weight excluding hydrogens is 450 g/mol. The molecule has 2 atom stereocenters. The van der Waals surface area contributed by atoms with Crippen molar-refractivity contribution < 1.29 is 22.4 Å². The quantitative estimate of drug-likeness (QED) is 0.490. The Morgan fingerprint density at radius 3 is 2.50 bits per heavy atom. The van der Waals surface area contributed by atoms with Crippen molar-refractivity contribution in [3.8, 4) is 11.4 Å². The predicted octanol–water partition coefficient (Wildman–Crippen LogP) is 4.97. The van der Waals surface area contributed by atoms with E-state index in [1.807, 2.05) is 6.92 Å². The van der Waals surface area contributed by atoms with E-state index in [-0.39, 0.29) is 23.7 Å². The van der Waals surface area contributed by atoms with Gasteiger partial charge in [0.1, 0.15) is 11.6 Å². The molecule has 0 spiro atoms. The molecule has 4 rings (SSSR count). The molecule has 6 nitrogen and oxygen atoms in total. The van der Waals surface area contributed by atoms with Gasteiger partial charge in [-0.1, -0.05) is 6.92 Å². The highest BCUT2D eigenvalue weighted by Gasteiger charge is 2.34. The predicted molar refractivity (Wildman–Crippen MR) is 116 cm³/mol. The van der Waals surface area contributed by atoms with Gasteiger partial charge in [0.15, 0.2) is 5.82 Å². The van der Waals surface area contributed by atoms with Crippen LogP contribution in [0.3, 0.4) is 0 Å². The average molecular weight is 473 g/mol. The number of rotatable bonds is 5. The Morgan fingerprint density at radius 2 is 1.82 bits per heavy atom. The third kappa shape index (κ3) is 5.21. The molecule has 0 bridgehead atoms. The van der Waals surface area contributed by atoms with E-state index < -0.39 is 17.6 Å². The maximum Gasteiger partial charge on any atom is 0.419 e. The van der Waals surface area contributed by atoms with E-state index in [0.717, 1.165) is 25.2 Å². The Kier molecular flexibility index (Phi) is 6.85. The zero-order valence-electron chi connectivity index (χ0n) is 18.5. The van der Waals surface area contributed by atoms with Crippen molar-refractivity contribution in [3.63, 3.8) is 0 Å². The van der Waals surface area contributed by atoms with Crippen molar-refractivity contribution in [3.05, 3.63) is 71.8 Å². The number of aryl methyl sites for hydroxylation is 1. The summed E-state index contributed by atoms with van der Waals surface area (Å²) in [7, 11) is 0. The number of aromatic nitrogens is 4. The van der Waals surface area contributed by atoms with Gasteiger partial charge >= 0.3 is 6.18 Å². The SMILES string of the molecule is C[C@@H]1CCCN(C(=O)c2ccc(F)cc2-c2ncccn2)[C@@H]1CCc1ncc(C(F)(F)F)cn1. The standard InChI is InChI=1S/C24H23F4N5O/c1-15-4-2-11-33(20(15)7-8-21-31-13-16(14-32-21)24(26,27)28)23(34)18-6-5-17(25)12-19(18)22-29-9-3-10-30-22/h3,5-6,9-10,12-15,20H,2,4,7-8,11H2,1H3/t15-,20-/m1/s1. The van der Waals surface area contributed by atoms with Gasteiger partial charge in [-0.2, -0.15) is 13.2 Å². The second kappa shape index (κ2) is 9.82. The van der Waals surface area contributed by atoms with Gasteiger partial charge in [-0.25, -0.2) is 24.3 Å². The third-order valence-electron chi connectivity index (χ3n) is 6.09. The molecule has 1 fully saturated rings. The lowest BCUT2D eigenvalue weighted by Crippen LogP contribution is -2.48. The minimum absolute atomic E-state index is 0.165. The zero-order chi connectivity index (χ0) is 24.3. The number of hydrogen-bond donors (Lipinski definition) is 0. The molecular formula is C24H23F4N5O. The molecule has 1 amide bonds. The second-order valence-corrected chi connectivity index (χ2v) is 8.37. The first-order valence-corrected chi connectivity index (χ1v) is 11.0. The van der Waals surface area contributed by atoms with E-state index in [1.165, 1.54) is 30.6 Å². The lowest BCUT2D eigenvalue weighted by Gasteiger charge is -2.40. The number of halogens is 4. The van der Waals surface area contributed by atoms with Crippen LogP contribution in [0.5, 0.6) is 0 Å². The summed E-state index contributed by atoms with van der Waals surface area (Å²) in [5.41, 5.74) is -0.280. The highest BCUT2D eigenvalue weighted by molar-refractivity contribution is 6.00. The minimum atomic E-state index is -4.49. The highest BCUT2D eigenvalue weighted by Crippen LogP contribution is 2.31. The van der Waals surface area contributed by atoms with E-state index in [9.17, 15) is 22.4 Å².